The van der Waals surface area contributed by atoms with Crippen molar-refractivity contribution in [3.63, 3.8) is 0 Å². The van der Waals surface area contributed by atoms with Gasteiger partial charge in [-0.05, 0) is 41.8 Å². The summed E-state index contributed by atoms with van der Waals surface area (Å²) in [6.45, 7) is 2.95. The van der Waals surface area contributed by atoms with E-state index in [4.69, 9.17) is 0 Å². The fourth-order valence-corrected chi connectivity index (χ4v) is 3.51. The molecule has 1 aliphatic rings. The summed E-state index contributed by atoms with van der Waals surface area (Å²) >= 11 is 1.63. The van der Waals surface area contributed by atoms with E-state index in [1.807, 2.05) is 23.0 Å². The van der Waals surface area contributed by atoms with Gasteiger partial charge in [0.2, 0.25) is 0 Å². The molecule has 0 aliphatic heterocycles. The molecule has 0 bridgehead atoms. The van der Waals surface area contributed by atoms with Crippen molar-refractivity contribution in [1.82, 2.24) is 40.0 Å². The number of hydrogen-bond acceptors (Lipinski definition) is 7. The summed E-state index contributed by atoms with van der Waals surface area (Å²) in [4.78, 5) is 4.19. The highest BCUT2D eigenvalue weighted by molar-refractivity contribution is 7.98. The second-order valence-corrected chi connectivity index (χ2v) is 6.70. The second kappa shape index (κ2) is 6.68. The van der Waals surface area contributed by atoms with Crippen molar-refractivity contribution in [2.24, 2.45) is 0 Å². The zero-order valence-electron chi connectivity index (χ0n) is 13.4. The molecule has 0 N–H and O–H groups in total. The van der Waals surface area contributed by atoms with E-state index in [1.165, 1.54) is 12.8 Å². The van der Waals surface area contributed by atoms with Crippen LogP contribution in [0.5, 0.6) is 0 Å². The Hall–Kier alpha value is -2.29. The van der Waals surface area contributed by atoms with Gasteiger partial charge in [-0.1, -0.05) is 18.7 Å². The number of aromatic nitrogens is 8. The van der Waals surface area contributed by atoms with E-state index < -0.39 is 0 Å². The minimum absolute atomic E-state index is 0.490. The SMILES string of the molecule is CCCn1nnnc1CSc1nnc(-c2cccnc2)n1C1CC1. The maximum Gasteiger partial charge on any atom is 0.192 e. The fourth-order valence-electron chi connectivity index (χ4n) is 2.57. The summed E-state index contributed by atoms with van der Waals surface area (Å²) in [6.07, 6.45) is 6.95. The molecule has 1 saturated carbocycles. The van der Waals surface area contributed by atoms with Crippen molar-refractivity contribution in [1.29, 1.82) is 0 Å². The highest BCUT2D eigenvalue weighted by atomic mass is 32.2. The first-order chi connectivity index (χ1) is 11.9. The van der Waals surface area contributed by atoms with Crippen LogP contribution in [0.4, 0.5) is 0 Å². The van der Waals surface area contributed by atoms with Crippen molar-refractivity contribution in [2.75, 3.05) is 0 Å². The van der Waals surface area contributed by atoms with Gasteiger partial charge in [-0.2, -0.15) is 0 Å². The molecule has 8 nitrogen and oxygen atoms in total. The van der Waals surface area contributed by atoms with Crippen LogP contribution in [-0.4, -0.2) is 40.0 Å². The molecular formula is C15H18N8S. The van der Waals surface area contributed by atoms with Crippen LogP contribution in [0.3, 0.4) is 0 Å². The summed E-state index contributed by atoms with van der Waals surface area (Å²) in [5.74, 6) is 2.45. The molecule has 0 radical (unpaired) electrons. The molecule has 1 aliphatic carbocycles. The highest BCUT2D eigenvalue weighted by Gasteiger charge is 2.30. The molecule has 1 fully saturated rings. The van der Waals surface area contributed by atoms with Crippen molar-refractivity contribution < 1.29 is 0 Å². The second-order valence-electron chi connectivity index (χ2n) is 5.76. The number of pyridine rings is 1. The topological polar surface area (TPSA) is 87.2 Å². The van der Waals surface area contributed by atoms with E-state index in [2.05, 4.69) is 42.2 Å². The Kier molecular flexibility index (Phi) is 4.24. The lowest BCUT2D eigenvalue weighted by Crippen LogP contribution is -2.05. The predicted molar refractivity (Wildman–Crippen MR) is 89.2 cm³/mol. The molecule has 3 aromatic rings. The monoisotopic (exact) mass is 342 g/mol. The van der Waals surface area contributed by atoms with Gasteiger partial charge >= 0.3 is 0 Å². The Balaban J connectivity index is 1.57. The number of tetrazole rings is 1. The minimum Gasteiger partial charge on any atom is -0.299 e. The van der Waals surface area contributed by atoms with Gasteiger partial charge in [-0.25, -0.2) is 4.68 Å². The molecule has 3 aromatic heterocycles. The molecule has 124 valence electrons. The normalized spacial score (nSPS) is 14.2. The third-order valence-electron chi connectivity index (χ3n) is 3.87. The molecule has 24 heavy (non-hydrogen) atoms. The van der Waals surface area contributed by atoms with Gasteiger partial charge < -0.3 is 0 Å². The number of nitrogens with zero attached hydrogens (tertiary/aromatic N) is 8. The molecule has 9 heteroatoms. The predicted octanol–water partition coefficient (Wildman–Crippen LogP) is 2.36. The quantitative estimate of drug-likeness (QED) is 0.609. The van der Waals surface area contributed by atoms with E-state index in [0.29, 0.717) is 11.8 Å². The zero-order valence-corrected chi connectivity index (χ0v) is 14.2. The number of rotatable bonds is 7. The molecule has 3 heterocycles. The largest absolute Gasteiger partial charge is 0.299 e. The summed E-state index contributed by atoms with van der Waals surface area (Å²) < 4.78 is 4.09. The van der Waals surface area contributed by atoms with Crippen molar-refractivity contribution >= 4 is 11.8 Å². The van der Waals surface area contributed by atoms with E-state index >= 15 is 0 Å². The lowest BCUT2D eigenvalue weighted by atomic mass is 10.3. The summed E-state index contributed by atoms with van der Waals surface area (Å²) in [5.41, 5.74) is 1.000. The molecule has 0 amide bonds. The Bertz CT molecular complexity index is 808. The van der Waals surface area contributed by atoms with Crippen LogP contribution >= 0.6 is 11.8 Å². The molecule has 0 atom stereocenters. The lowest BCUT2D eigenvalue weighted by molar-refractivity contribution is 0.564. The van der Waals surface area contributed by atoms with E-state index in [9.17, 15) is 0 Å². The van der Waals surface area contributed by atoms with Crippen LogP contribution in [0.25, 0.3) is 11.4 Å². The van der Waals surface area contributed by atoms with Crippen molar-refractivity contribution in [2.45, 2.75) is 49.7 Å². The summed E-state index contributed by atoms with van der Waals surface area (Å²) in [7, 11) is 0. The minimum atomic E-state index is 0.490. The van der Waals surface area contributed by atoms with Gasteiger partial charge in [-0.15, -0.1) is 15.3 Å². The number of thioether (sulfide) groups is 1. The molecule has 0 saturated heterocycles. The highest BCUT2D eigenvalue weighted by Crippen LogP contribution is 2.41. The third kappa shape index (κ3) is 3.03. The zero-order chi connectivity index (χ0) is 16.4. The van der Waals surface area contributed by atoms with Gasteiger partial charge in [-0.3, -0.25) is 9.55 Å². The molecule has 0 spiro atoms. The van der Waals surface area contributed by atoms with Crippen LogP contribution in [0, 0.1) is 0 Å². The van der Waals surface area contributed by atoms with Gasteiger partial charge in [0.05, 0.1) is 5.75 Å². The van der Waals surface area contributed by atoms with Crippen molar-refractivity contribution in [3.8, 4) is 11.4 Å². The maximum absolute atomic E-state index is 4.40. The Morgan fingerprint density at radius 2 is 2.17 bits per heavy atom. The smallest absolute Gasteiger partial charge is 0.192 e. The first-order valence-electron chi connectivity index (χ1n) is 8.10. The molecular weight excluding hydrogens is 324 g/mol. The van der Waals surface area contributed by atoms with Gasteiger partial charge in [0.25, 0.3) is 0 Å². The van der Waals surface area contributed by atoms with Crippen LogP contribution < -0.4 is 0 Å². The third-order valence-corrected chi connectivity index (χ3v) is 4.81. The van der Waals surface area contributed by atoms with Crippen LogP contribution in [0.1, 0.15) is 38.1 Å². The van der Waals surface area contributed by atoms with Crippen LogP contribution in [-0.2, 0) is 12.3 Å². The van der Waals surface area contributed by atoms with Gasteiger partial charge in [0, 0.05) is 30.5 Å². The van der Waals surface area contributed by atoms with E-state index in [-0.39, 0.29) is 0 Å². The first kappa shape index (κ1) is 15.3. The molecule has 0 aromatic carbocycles. The Morgan fingerprint density at radius 3 is 2.92 bits per heavy atom. The summed E-state index contributed by atoms with van der Waals surface area (Å²) in [5, 5.41) is 21.6. The Labute approximate surface area is 143 Å². The fraction of sp³-hybridized carbons (Fsp3) is 0.467. The maximum atomic E-state index is 4.40. The average molecular weight is 342 g/mol. The van der Waals surface area contributed by atoms with Gasteiger partial charge in [0.1, 0.15) is 0 Å². The number of hydrogen-bond donors (Lipinski definition) is 0. The number of aryl methyl sites for hydroxylation is 1. The lowest BCUT2D eigenvalue weighted by Gasteiger charge is -2.08. The van der Waals surface area contributed by atoms with Crippen LogP contribution in [0.2, 0.25) is 0 Å². The van der Waals surface area contributed by atoms with Gasteiger partial charge in [0.15, 0.2) is 16.8 Å². The summed E-state index contributed by atoms with van der Waals surface area (Å²) in [6, 6.07) is 4.43. The van der Waals surface area contributed by atoms with Crippen molar-refractivity contribution in [3.05, 3.63) is 30.4 Å². The van der Waals surface area contributed by atoms with Crippen LogP contribution in [0.15, 0.2) is 29.7 Å². The first-order valence-corrected chi connectivity index (χ1v) is 9.08. The standard InChI is InChI=1S/C15H18N8S/c1-2-8-22-13(17-20-21-22)10-24-15-19-18-14(23(15)12-5-6-12)11-4-3-7-16-9-11/h3-4,7,9,12H,2,5-6,8,10H2,1H3. The molecule has 0 unspecified atom stereocenters. The Morgan fingerprint density at radius 1 is 1.25 bits per heavy atom. The average Bonchev–Trinajstić information content (AvgIpc) is 3.21. The van der Waals surface area contributed by atoms with E-state index in [0.717, 1.165) is 35.3 Å². The van der Waals surface area contributed by atoms with E-state index in [1.54, 1.807) is 18.0 Å². The molecule has 4 rings (SSSR count).